The molecule has 2 aromatic rings. The van der Waals surface area contributed by atoms with E-state index in [0.717, 1.165) is 6.42 Å². The number of amides is 1. The Morgan fingerprint density at radius 3 is 2.67 bits per heavy atom. The van der Waals surface area contributed by atoms with Gasteiger partial charge in [0, 0.05) is 25.2 Å². The highest BCUT2D eigenvalue weighted by Crippen LogP contribution is 2.18. The third-order valence-corrected chi connectivity index (χ3v) is 6.54. The first-order valence-corrected chi connectivity index (χ1v) is 10.1. The Morgan fingerprint density at radius 1 is 1.29 bits per heavy atom. The Balaban J connectivity index is 2.07. The van der Waals surface area contributed by atoms with Crippen LogP contribution < -0.4 is 5.32 Å². The lowest BCUT2D eigenvalue weighted by atomic mass is 10.2. The smallest absolute Gasteiger partial charge is 0.251 e. The van der Waals surface area contributed by atoms with Crippen LogP contribution in [0.4, 0.5) is 0 Å². The Labute approximate surface area is 147 Å². The van der Waals surface area contributed by atoms with Gasteiger partial charge in [0.2, 0.25) is 10.0 Å². The molecular weight excluding hydrogens is 344 g/mol. The Hall–Kier alpha value is -1.70. The highest BCUT2D eigenvalue weighted by atomic mass is 32.2. The quantitative estimate of drug-likeness (QED) is 0.819. The maximum absolute atomic E-state index is 12.5. The standard InChI is InChI=1S/C17H22N2O3S2/c1-13(2)19(3)24(21,22)16-6-4-5-15(11-16)17(20)18-9-7-14-8-10-23-12-14/h4-6,8,10-13H,7,9H2,1-3H3,(H,18,20). The van der Waals surface area contributed by atoms with Crippen LogP contribution in [-0.2, 0) is 16.4 Å². The van der Waals surface area contributed by atoms with Crippen LogP contribution in [0.15, 0.2) is 46.0 Å². The van der Waals surface area contributed by atoms with E-state index in [9.17, 15) is 13.2 Å². The number of benzene rings is 1. The van der Waals surface area contributed by atoms with E-state index in [1.54, 1.807) is 37.3 Å². The number of thiophene rings is 1. The average molecular weight is 367 g/mol. The van der Waals surface area contributed by atoms with Crippen LogP contribution >= 0.6 is 11.3 Å². The second-order valence-corrected chi connectivity index (χ2v) is 8.56. The Morgan fingerprint density at radius 2 is 2.04 bits per heavy atom. The van der Waals surface area contributed by atoms with Crippen LogP contribution in [-0.4, -0.2) is 38.3 Å². The van der Waals surface area contributed by atoms with E-state index >= 15 is 0 Å². The number of carbonyl (C=O) groups excluding carboxylic acids is 1. The van der Waals surface area contributed by atoms with Crippen molar-refractivity contribution in [3.05, 3.63) is 52.2 Å². The fourth-order valence-corrected chi connectivity index (χ4v) is 4.22. The molecule has 0 aliphatic rings. The zero-order valence-corrected chi connectivity index (χ0v) is 15.7. The molecule has 0 aliphatic heterocycles. The van der Waals surface area contributed by atoms with Crippen molar-refractivity contribution in [1.29, 1.82) is 0 Å². The molecule has 0 bridgehead atoms. The van der Waals surface area contributed by atoms with Gasteiger partial charge in [-0.2, -0.15) is 15.6 Å². The molecule has 5 nitrogen and oxygen atoms in total. The lowest BCUT2D eigenvalue weighted by molar-refractivity contribution is 0.0954. The molecule has 130 valence electrons. The SMILES string of the molecule is CC(C)N(C)S(=O)(=O)c1cccc(C(=O)NCCc2ccsc2)c1. The summed E-state index contributed by atoms with van der Waals surface area (Å²) in [5.41, 5.74) is 1.52. The fourth-order valence-electron chi connectivity index (χ4n) is 2.10. The zero-order valence-electron chi connectivity index (χ0n) is 14.0. The van der Waals surface area contributed by atoms with Gasteiger partial charge in [-0.25, -0.2) is 8.42 Å². The van der Waals surface area contributed by atoms with E-state index in [1.165, 1.54) is 29.0 Å². The normalized spacial score (nSPS) is 11.9. The summed E-state index contributed by atoms with van der Waals surface area (Å²) >= 11 is 1.62. The number of rotatable bonds is 7. The maximum Gasteiger partial charge on any atom is 0.251 e. The molecule has 1 heterocycles. The van der Waals surface area contributed by atoms with E-state index in [4.69, 9.17) is 0 Å². The van der Waals surface area contributed by atoms with Gasteiger partial charge >= 0.3 is 0 Å². The maximum atomic E-state index is 12.5. The first-order chi connectivity index (χ1) is 11.3. The number of nitrogens with zero attached hydrogens (tertiary/aromatic N) is 1. The number of carbonyl (C=O) groups is 1. The summed E-state index contributed by atoms with van der Waals surface area (Å²) in [7, 11) is -2.06. The van der Waals surface area contributed by atoms with E-state index < -0.39 is 10.0 Å². The van der Waals surface area contributed by atoms with E-state index in [2.05, 4.69) is 5.32 Å². The molecule has 0 spiro atoms. The minimum absolute atomic E-state index is 0.129. The van der Waals surface area contributed by atoms with Gasteiger partial charge in [0.25, 0.3) is 5.91 Å². The number of hydrogen-bond acceptors (Lipinski definition) is 4. The monoisotopic (exact) mass is 366 g/mol. The molecule has 0 aliphatic carbocycles. The molecule has 1 aromatic carbocycles. The Kier molecular flexibility index (Phi) is 6.15. The molecule has 1 aromatic heterocycles. The first-order valence-electron chi connectivity index (χ1n) is 7.69. The third-order valence-electron chi connectivity index (χ3n) is 3.78. The zero-order chi connectivity index (χ0) is 17.7. The predicted octanol–water partition coefficient (Wildman–Crippen LogP) is 2.75. The van der Waals surface area contributed by atoms with E-state index in [1.807, 2.05) is 16.8 Å². The van der Waals surface area contributed by atoms with Gasteiger partial charge < -0.3 is 5.32 Å². The fraction of sp³-hybridized carbons (Fsp3) is 0.353. The van der Waals surface area contributed by atoms with Gasteiger partial charge in [-0.05, 0) is 60.9 Å². The van der Waals surface area contributed by atoms with Crippen LogP contribution in [0, 0.1) is 0 Å². The molecule has 0 unspecified atom stereocenters. The van der Waals surface area contributed by atoms with Gasteiger partial charge in [0.05, 0.1) is 4.90 Å². The second kappa shape index (κ2) is 7.92. The van der Waals surface area contributed by atoms with Crippen LogP contribution in [0.5, 0.6) is 0 Å². The molecule has 0 radical (unpaired) electrons. The minimum atomic E-state index is -3.60. The topological polar surface area (TPSA) is 66.5 Å². The predicted molar refractivity (Wildman–Crippen MR) is 96.9 cm³/mol. The molecule has 0 saturated carbocycles. The first kappa shape index (κ1) is 18.6. The van der Waals surface area contributed by atoms with E-state index in [-0.39, 0.29) is 16.8 Å². The molecule has 7 heteroatoms. The van der Waals surface area contributed by atoms with Crippen LogP contribution in [0.25, 0.3) is 0 Å². The summed E-state index contributed by atoms with van der Waals surface area (Å²) in [6.45, 7) is 4.12. The minimum Gasteiger partial charge on any atom is -0.352 e. The van der Waals surface area contributed by atoms with Gasteiger partial charge in [0.15, 0.2) is 0 Å². The van der Waals surface area contributed by atoms with Crippen molar-refractivity contribution in [2.75, 3.05) is 13.6 Å². The van der Waals surface area contributed by atoms with Crippen molar-refractivity contribution < 1.29 is 13.2 Å². The highest BCUT2D eigenvalue weighted by molar-refractivity contribution is 7.89. The summed E-state index contributed by atoms with van der Waals surface area (Å²) in [4.78, 5) is 12.4. The number of hydrogen-bond donors (Lipinski definition) is 1. The molecular formula is C17H22N2O3S2. The summed E-state index contributed by atoms with van der Waals surface area (Å²) < 4.78 is 26.3. The van der Waals surface area contributed by atoms with Gasteiger partial charge in [-0.1, -0.05) is 6.07 Å². The molecule has 1 N–H and O–H groups in total. The summed E-state index contributed by atoms with van der Waals surface area (Å²) in [6.07, 6.45) is 0.753. The van der Waals surface area contributed by atoms with Gasteiger partial charge in [-0.3, -0.25) is 4.79 Å². The van der Waals surface area contributed by atoms with Crippen molar-refractivity contribution in [3.63, 3.8) is 0 Å². The highest BCUT2D eigenvalue weighted by Gasteiger charge is 2.23. The molecule has 0 fully saturated rings. The van der Waals surface area contributed by atoms with Gasteiger partial charge in [-0.15, -0.1) is 0 Å². The lowest BCUT2D eigenvalue weighted by Crippen LogP contribution is -2.33. The lowest BCUT2D eigenvalue weighted by Gasteiger charge is -2.21. The van der Waals surface area contributed by atoms with Crippen LogP contribution in [0.1, 0.15) is 29.8 Å². The van der Waals surface area contributed by atoms with Gasteiger partial charge in [0.1, 0.15) is 0 Å². The largest absolute Gasteiger partial charge is 0.352 e. The number of sulfonamides is 1. The molecule has 2 rings (SSSR count). The van der Waals surface area contributed by atoms with Crippen LogP contribution in [0.3, 0.4) is 0 Å². The average Bonchev–Trinajstić information content (AvgIpc) is 3.07. The van der Waals surface area contributed by atoms with Crippen molar-refractivity contribution in [2.24, 2.45) is 0 Å². The summed E-state index contributed by atoms with van der Waals surface area (Å²) in [5, 5.41) is 6.86. The molecule has 24 heavy (non-hydrogen) atoms. The van der Waals surface area contributed by atoms with Crippen molar-refractivity contribution >= 4 is 27.3 Å². The molecule has 0 atom stereocenters. The van der Waals surface area contributed by atoms with Crippen molar-refractivity contribution in [2.45, 2.75) is 31.2 Å². The van der Waals surface area contributed by atoms with Crippen molar-refractivity contribution in [3.8, 4) is 0 Å². The molecule has 1 amide bonds. The van der Waals surface area contributed by atoms with Crippen LogP contribution in [0.2, 0.25) is 0 Å². The third kappa shape index (κ3) is 4.43. The van der Waals surface area contributed by atoms with E-state index in [0.29, 0.717) is 12.1 Å². The second-order valence-electron chi connectivity index (χ2n) is 5.78. The Bertz CT molecular complexity index is 784. The molecule has 0 saturated heterocycles. The number of nitrogens with one attached hydrogen (secondary N) is 1. The summed E-state index contributed by atoms with van der Waals surface area (Å²) in [5.74, 6) is -0.269. The summed E-state index contributed by atoms with van der Waals surface area (Å²) in [6, 6.07) is 8.01. The van der Waals surface area contributed by atoms with Crippen molar-refractivity contribution in [1.82, 2.24) is 9.62 Å².